The van der Waals surface area contributed by atoms with Gasteiger partial charge in [-0.05, 0) is 31.0 Å². The summed E-state index contributed by atoms with van der Waals surface area (Å²) in [7, 11) is 1.57. The molecule has 1 atom stereocenters. The van der Waals surface area contributed by atoms with Crippen LogP contribution in [0.25, 0.3) is 5.76 Å². The number of aliphatic hydroxyl groups excluding tert-OH is 1. The van der Waals surface area contributed by atoms with Gasteiger partial charge in [0.1, 0.15) is 5.76 Å². The lowest BCUT2D eigenvalue weighted by Crippen LogP contribution is -2.31. The number of amides is 1. The van der Waals surface area contributed by atoms with Crippen LogP contribution in [0, 0.1) is 6.92 Å². The van der Waals surface area contributed by atoms with Crippen molar-refractivity contribution in [3.05, 3.63) is 74.8 Å². The van der Waals surface area contributed by atoms with E-state index in [1.54, 1.807) is 37.4 Å². The van der Waals surface area contributed by atoms with Crippen LogP contribution in [0.4, 0.5) is 0 Å². The zero-order chi connectivity index (χ0) is 21.1. The van der Waals surface area contributed by atoms with Gasteiger partial charge in [-0.15, -0.1) is 0 Å². The predicted molar refractivity (Wildman–Crippen MR) is 113 cm³/mol. The average Bonchev–Trinajstić information content (AvgIpc) is 2.93. The first-order valence-electron chi connectivity index (χ1n) is 9.14. The van der Waals surface area contributed by atoms with Crippen LogP contribution in [0.5, 0.6) is 0 Å². The third kappa shape index (κ3) is 4.32. The van der Waals surface area contributed by atoms with Crippen LogP contribution in [-0.2, 0) is 14.3 Å². The second kappa shape index (κ2) is 8.99. The van der Waals surface area contributed by atoms with Gasteiger partial charge in [0, 0.05) is 35.9 Å². The maximum absolute atomic E-state index is 12.9. The summed E-state index contributed by atoms with van der Waals surface area (Å²) >= 11 is 12.4. The highest BCUT2D eigenvalue weighted by molar-refractivity contribution is 6.47. The summed E-state index contributed by atoms with van der Waals surface area (Å²) in [6.07, 6.45) is 0.538. The Kier molecular flexibility index (Phi) is 6.63. The van der Waals surface area contributed by atoms with Crippen LogP contribution in [0.1, 0.15) is 29.2 Å². The number of likely N-dealkylation sites (tertiary alicyclic amines) is 1. The lowest BCUT2D eigenvalue weighted by molar-refractivity contribution is -0.140. The SMILES string of the molecule is COCCCN1C(=O)C(=O)/C(=C(\O)c2ccc(C)cc2)C1c1ccc(Cl)cc1Cl. The smallest absolute Gasteiger partial charge is 0.295 e. The molecule has 5 nitrogen and oxygen atoms in total. The van der Waals surface area contributed by atoms with E-state index in [2.05, 4.69) is 0 Å². The molecule has 0 saturated carbocycles. The number of rotatable bonds is 6. The zero-order valence-corrected chi connectivity index (χ0v) is 17.6. The van der Waals surface area contributed by atoms with Gasteiger partial charge in [0.05, 0.1) is 11.6 Å². The van der Waals surface area contributed by atoms with E-state index in [0.29, 0.717) is 34.2 Å². The molecule has 0 aliphatic carbocycles. The maximum atomic E-state index is 12.9. The molecule has 0 bridgehead atoms. The number of hydrogen-bond acceptors (Lipinski definition) is 4. The molecule has 1 aliphatic rings. The Morgan fingerprint density at radius 3 is 2.45 bits per heavy atom. The molecule has 1 aliphatic heterocycles. The quantitative estimate of drug-likeness (QED) is 0.308. The first kappa shape index (κ1) is 21.4. The minimum absolute atomic E-state index is 0.0143. The lowest BCUT2D eigenvalue weighted by atomic mass is 9.95. The molecule has 29 heavy (non-hydrogen) atoms. The van der Waals surface area contributed by atoms with Crippen molar-refractivity contribution >= 4 is 40.7 Å². The van der Waals surface area contributed by atoms with Crippen molar-refractivity contribution in [3.63, 3.8) is 0 Å². The number of carbonyl (C=O) groups excluding carboxylic acids is 2. The largest absolute Gasteiger partial charge is 0.507 e. The van der Waals surface area contributed by atoms with Crippen molar-refractivity contribution in [2.24, 2.45) is 0 Å². The highest BCUT2D eigenvalue weighted by Gasteiger charge is 2.46. The van der Waals surface area contributed by atoms with E-state index in [1.165, 1.54) is 4.90 Å². The van der Waals surface area contributed by atoms with E-state index < -0.39 is 17.7 Å². The molecular formula is C22H21Cl2NO4. The Morgan fingerprint density at radius 1 is 1.14 bits per heavy atom. The Labute approximate surface area is 179 Å². The third-order valence-corrected chi connectivity index (χ3v) is 5.43. The zero-order valence-electron chi connectivity index (χ0n) is 16.1. The van der Waals surface area contributed by atoms with Crippen LogP contribution < -0.4 is 0 Å². The molecule has 7 heteroatoms. The fourth-order valence-electron chi connectivity index (χ4n) is 3.40. The van der Waals surface area contributed by atoms with Crippen molar-refractivity contribution in [1.82, 2.24) is 4.90 Å². The summed E-state index contributed by atoms with van der Waals surface area (Å²) < 4.78 is 5.07. The Balaban J connectivity index is 2.15. The highest BCUT2D eigenvalue weighted by Crippen LogP contribution is 2.42. The van der Waals surface area contributed by atoms with Gasteiger partial charge >= 0.3 is 0 Å². The Hall–Kier alpha value is -2.34. The number of carbonyl (C=O) groups is 2. The Bertz CT molecular complexity index is 969. The molecular weight excluding hydrogens is 413 g/mol. The van der Waals surface area contributed by atoms with Crippen LogP contribution in [0.3, 0.4) is 0 Å². The number of hydrogen-bond donors (Lipinski definition) is 1. The standard InChI is InChI=1S/C22H21Cl2NO4/c1-13-4-6-14(7-5-13)20(26)18-19(16-9-8-15(23)12-17(16)24)25(10-3-11-29-2)22(28)21(18)27/h4-9,12,19,26H,3,10-11H2,1-2H3/b20-18-. The second-order valence-electron chi connectivity index (χ2n) is 6.87. The highest BCUT2D eigenvalue weighted by atomic mass is 35.5. The molecule has 0 radical (unpaired) electrons. The number of ketones is 1. The van der Waals surface area contributed by atoms with Crippen LogP contribution >= 0.6 is 23.2 Å². The summed E-state index contributed by atoms with van der Waals surface area (Å²) in [4.78, 5) is 27.1. The van der Waals surface area contributed by atoms with E-state index in [0.717, 1.165) is 5.56 Å². The number of aliphatic hydroxyl groups is 1. The minimum atomic E-state index is -0.807. The number of aryl methyl sites for hydroxylation is 1. The minimum Gasteiger partial charge on any atom is -0.507 e. The molecule has 1 heterocycles. The van der Waals surface area contributed by atoms with Crippen LogP contribution in [0.2, 0.25) is 10.0 Å². The fraction of sp³-hybridized carbons (Fsp3) is 0.273. The molecule has 152 valence electrons. The van der Waals surface area contributed by atoms with Gasteiger partial charge in [0.25, 0.3) is 11.7 Å². The fourth-order valence-corrected chi connectivity index (χ4v) is 3.92. The first-order chi connectivity index (χ1) is 13.8. The number of benzene rings is 2. The summed E-state index contributed by atoms with van der Waals surface area (Å²) in [6, 6.07) is 11.1. The van der Waals surface area contributed by atoms with Crippen LogP contribution in [0.15, 0.2) is 48.0 Å². The van der Waals surface area contributed by atoms with E-state index in [4.69, 9.17) is 27.9 Å². The second-order valence-corrected chi connectivity index (χ2v) is 7.71. The molecule has 0 aromatic heterocycles. The Morgan fingerprint density at radius 2 is 1.83 bits per heavy atom. The molecule has 0 spiro atoms. The van der Waals surface area contributed by atoms with E-state index in [1.807, 2.05) is 19.1 Å². The van der Waals surface area contributed by atoms with Gasteiger partial charge in [-0.25, -0.2) is 0 Å². The van der Waals surface area contributed by atoms with Gasteiger partial charge in [0.2, 0.25) is 0 Å². The number of nitrogens with zero attached hydrogens (tertiary/aromatic N) is 1. The number of ether oxygens (including phenoxy) is 1. The summed E-state index contributed by atoms with van der Waals surface area (Å²) in [5, 5.41) is 11.7. The maximum Gasteiger partial charge on any atom is 0.295 e. The van der Waals surface area contributed by atoms with E-state index in [9.17, 15) is 14.7 Å². The molecule has 1 fully saturated rings. The number of methoxy groups -OCH3 is 1. The van der Waals surface area contributed by atoms with Crippen molar-refractivity contribution in [2.75, 3.05) is 20.3 Å². The first-order valence-corrected chi connectivity index (χ1v) is 9.90. The molecule has 1 saturated heterocycles. The lowest BCUT2D eigenvalue weighted by Gasteiger charge is -2.26. The van der Waals surface area contributed by atoms with Gasteiger partial charge in [-0.3, -0.25) is 9.59 Å². The predicted octanol–water partition coefficient (Wildman–Crippen LogP) is 4.76. The normalized spacial score (nSPS) is 18.5. The van der Waals surface area contributed by atoms with Crippen molar-refractivity contribution < 1.29 is 19.4 Å². The van der Waals surface area contributed by atoms with E-state index in [-0.39, 0.29) is 17.9 Å². The summed E-state index contributed by atoms with van der Waals surface area (Å²) in [6.45, 7) is 2.64. The van der Waals surface area contributed by atoms with Gasteiger partial charge < -0.3 is 14.7 Å². The van der Waals surface area contributed by atoms with Crippen molar-refractivity contribution in [1.29, 1.82) is 0 Å². The van der Waals surface area contributed by atoms with Crippen LogP contribution in [-0.4, -0.2) is 42.0 Å². The summed E-state index contributed by atoms with van der Waals surface area (Å²) in [5.74, 6) is -1.64. The topological polar surface area (TPSA) is 66.8 Å². The molecule has 3 rings (SSSR count). The van der Waals surface area contributed by atoms with Crippen molar-refractivity contribution in [3.8, 4) is 0 Å². The van der Waals surface area contributed by atoms with Gasteiger partial charge in [-0.2, -0.15) is 0 Å². The number of halogens is 2. The molecule has 2 aromatic rings. The third-order valence-electron chi connectivity index (χ3n) is 4.87. The number of Topliss-reactive ketones (excluding diaryl/α,β-unsaturated/α-hetero) is 1. The molecule has 1 unspecified atom stereocenters. The van der Waals surface area contributed by atoms with E-state index >= 15 is 0 Å². The van der Waals surface area contributed by atoms with Gasteiger partial charge in [0.15, 0.2) is 0 Å². The molecule has 1 amide bonds. The molecule has 2 aromatic carbocycles. The summed E-state index contributed by atoms with van der Waals surface area (Å²) in [5.41, 5.74) is 2.02. The monoisotopic (exact) mass is 433 g/mol. The average molecular weight is 434 g/mol. The van der Waals surface area contributed by atoms with Crippen molar-refractivity contribution in [2.45, 2.75) is 19.4 Å². The van der Waals surface area contributed by atoms with Gasteiger partial charge in [-0.1, -0.05) is 59.1 Å². The molecule has 1 N–H and O–H groups in total.